The number of Topliss-reactive ketones (excluding diaryl/α,β-unsaturated/α-hetero) is 2. The molecule has 3 aromatic rings. The number of carboxylic acids is 2. The Bertz CT molecular complexity index is 1670. The third-order valence-corrected chi connectivity index (χ3v) is 6.67. The molecule has 0 heterocycles. The molecule has 0 radical (unpaired) electrons. The molecule has 0 spiro atoms. The maximum atomic E-state index is 12.3. The molecular weight excluding hydrogens is 488 g/mol. The maximum Gasteiger partial charge on any atom is 0.335 e. The van der Waals surface area contributed by atoms with Crippen LogP contribution in [0.3, 0.4) is 0 Å². The number of carbonyl (C=O) groups is 6. The van der Waals surface area contributed by atoms with E-state index in [-0.39, 0.29) is 46.2 Å². The van der Waals surface area contributed by atoms with Crippen LogP contribution in [0.2, 0.25) is 0 Å². The second kappa shape index (κ2) is 9.33. The first kappa shape index (κ1) is 24.5. The molecule has 1 atom stereocenters. The first-order chi connectivity index (χ1) is 18.2. The second-order valence-electron chi connectivity index (χ2n) is 8.87. The van der Waals surface area contributed by atoms with E-state index in [1.165, 1.54) is 30.4 Å². The summed E-state index contributed by atoms with van der Waals surface area (Å²) in [4.78, 5) is 71.0. The standard InChI is InChI=1S/C15H10O4.C15H8O4/c2*16-13-9-3-1-2-4-10(9)14(17)12-7-8(15(18)19)5-6-11(12)13/h1-6,8H,7H2,(H,18,19);1-7H,(H,18,19). The van der Waals surface area contributed by atoms with Gasteiger partial charge in [0.25, 0.3) is 0 Å². The molecule has 3 aliphatic rings. The highest BCUT2D eigenvalue weighted by Crippen LogP contribution is 2.34. The van der Waals surface area contributed by atoms with E-state index in [1.807, 2.05) is 0 Å². The number of allylic oxidation sites excluding steroid dienone is 3. The number of fused-ring (bicyclic) bond motifs is 3. The van der Waals surface area contributed by atoms with E-state index >= 15 is 0 Å². The van der Waals surface area contributed by atoms with Gasteiger partial charge in [-0.1, -0.05) is 60.7 Å². The minimum absolute atomic E-state index is 0.000666. The molecule has 1 unspecified atom stereocenters. The minimum atomic E-state index is -1.12. The molecule has 3 aliphatic carbocycles. The first-order valence-electron chi connectivity index (χ1n) is 11.6. The van der Waals surface area contributed by atoms with Crippen LogP contribution in [-0.4, -0.2) is 45.3 Å². The van der Waals surface area contributed by atoms with Crippen LogP contribution in [0.15, 0.2) is 90.0 Å². The first-order valence-corrected chi connectivity index (χ1v) is 11.6. The number of carbonyl (C=O) groups excluding carboxylic acids is 4. The van der Waals surface area contributed by atoms with Gasteiger partial charge in [-0.3, -0.25) is 24.0 Å². The average Bonchev–Trinajstić information content (AvgIpc) is 2.94. The largest absolute Gasteiger partial charge is 0.481 e. The zero-order chi connectivity index (χ0) is 27.1. The van der Waals surface area contributed by atoms with Crippen LogP contribution in [0.5, 0.6) is 0 Å². The number of benzene rings is 3. The number of aliphatic carboxylic acids is 1. The van der Waals surface area contributed by atoms with E-state index in [4.69, 9.17) is 10.2 Å². The van der Waals surface area contributed by atoms with Crippen LogP contribution in [0.25, 0.3) is 0 Å². The van der Waals surface area contributed by atoms with E-state index in [0.29, 0.717) is 33.4 Å². The Kier molecular flexibility index (Phi) is 6.00. The zero-order valence-corrected chi connectivity index (χ0v) is 19.6. The lowest BCUT2D eigenvalue weighted by Gasteiger charge is -2.23. The number of rotatable bonds is 2. The summed E-state index contributed by atoms with van der Waals surface area (Å²) in [5.74, 6) is -3.84. The summed E-state index contributed by atoms with van der Waals surface area (Å²) in [6.45, 7) is 0. The van der Waals surface area contributed by atoms with E-state index in [0.717, 1.165) is 0 Å². The van der Waals surface area contributed by atoms with Crippen molar-refractivity contribution in [1.29, 1.82) is 0 Å². The lowest BCUT2D eigenvalue weighted by Crippen LogP contribution is -2.26. The normalized spacial score (nSPS) is 17.0. The van der Waals surface area contributed by atoms with Crippen LogP contribution in [0.4, 0.5) is 0 Å². The highest BCUT2D eigenvalue weighted by atomic mass is 16.4. The third kappa shape index (κ3) is 3.98. The van der Waals surface area contributed by atoms with Gasteiger partial charge in [0.1, 0.15) is 0 Å². The quantitative estimate of drug-likeness (QED) is 0.412. The molecule has 0 amide bonds. The van der Waals surface area contributed by atoms with E-state index in [2.05, 4.69) is 0 Å². The van der Waals surface area contributed by atoms with Crippen molar-refractivity contribution in [2.75, 3.05) is 0 Å². The van der Waals surface area contributed by atoms with Crippen molar-refractivity contribution in [3.63, 3.8) is 0 Å². The Morgan fingerprint density at radius 1 is 0.632 bits per heavy atom. The van der Waals surface area contributed by atoms with Crippen molar-refractivity contribution >= 4 is 35.1 Å². The Balaban J connectivity index is 0.000000155. The Morgan fingerprint density at radius 2 is 1.13 bits per heavy atom. The van der Waals surface area contributed by atoms with Crippen molar-refractivity contribution in [3.05, 3.63) is 129 Å². The molecule has 186 valence electrons. The van der Waals surface area contributed by atoms with Gasteiger partial charge >= 0.3 is 11.9 Å². The van der Waals surface area contributed by atoms with Crippen molar-refractivity contribution in [2.24, 2.45) is 5.92 Å². The summed E-state index contributed by atoms with van der Waals surface area (Å²) in [6, 6.07) is 17.2. The van der Waals surface area contributed by atoms with Crippen LogP contribution >= 0.6 is 0 Å². The molecule has 0 saturated carbocycles. The highest BCUT2D eigenvalue weighted by molar-refractivity contribution is 6.29. The summed E-state index contributed by atoms with van der Waals surface area (Å²) < 4.78 is 0. The van der Waals surface area contributed by atoms with Gasteiger partial charge in [0, 0.05) is 44.5 Å². The third-order valence-electron chi connectivity index (χ3n) is 6.67. The average molecular weight is 506 g/mol. The molecule has 0 bridgehead atoms. The fourth-order valence-electron chi connectivity index (χ4n) is 4.73. The minimum Gasteiger partial charge on any atom is -0.481 e. The molecule has 0 aromatic heterocycles. The van der Waals surface area contributed by atoms with Crippen molar-refractivity contribution in [1.82, 2.24) is 0 Å². The number of hydrogen-bond donors (Lipinski definition) is 2. The molecule has 3 aromatic carbocycles. The van der Waals surface area contributed by atoms with E-state index in [9.17, 15) is 28.8 Å². The molecule has 0 aliphatic heterocycles. The van der Waals surface area contributed by atoms with Gasteiger partial charge in [-0.05, 0) is 24.6 Å². The van der Waals surface area contributed by atoms with Crippen LogP contribution in [0, 0.1) is 5.92 Å². The Hall–Kier alpha value is -5.24. The zero-order valence-electron chi connectivity index (χ0n) is 19.6. The monoisotopic (exact) mass is 506 g/mol. The SMILES string of the molecule is O=C(O)c1ccc2c(c1)C(=O)c1ccccc1C2=O.O=C1C2=C(CC(C(=O)O)C=C2)C(=O)c2ccccc21. The Labute approximate surface area is 215 Å². The van der Waals surface area contributed by atoms with Gasteiger partial charge in [-0.2, -0.15) is 0 Å². The highest BCUT2D eigenvalue weighted by Gasteiger charge is 2.35. The number of carboxylic acid groups (broad SMARTS) is 2. The van der Waals surface area contributed by atoms with Gasteiger partial charge in [-0.15, -0.1) is 0 Å². The summed E-state index contributed by atoms with van der Waals surface area (Å²) in [5, 5.41) is 17.9. The molecule has 2 N–H and O–H groups in total. The van der Waals surface area contributed by atoms with Crippen molar-refractivity contribution < 1.29 is 39.0 Å². The fraction of sp³-hybridized carbons (Fsp3) is 0.0667. The van der Waals surface area contributed by atoms with Gasteiger partial charge in [0.05, 0.1) is 11.5 Å². The van der Waals surface area contributed by atoms with Gasteiger partial charge in [0.15, 0.2) is 23.1 Å². The Morgan fingerprint density at radius 3 is 1.68 bits per heavy atom. The second-order valence-corrected chi connectivity index (χ2v) is 8.87. The van der Waals surface area contributed by atoms with Crippen molar-refractivity contribution in [3.8, 4) is 0 Å². The topological polar surface area (TPSA) is 143 Å². The molecule has 0 saturated heterocycles. The van der Waals surface area contributed by atoms with Crippen LogP contribution in [0.1, 0.15) is 69.3 Å². The summed E-state index contributed by atoms with van der Waals surface area (Å²) in [6.07, 6.45) is 3.02. The number of hydrogen-bond acceptors (Lipinski definition) is 6. The maximum absolute atomic E-state index is 12.3. The smallest absolute Gasteiger partial charge is 0.335 e. The lowest BCUT2D eigenvalue weighted by molar-refractivity contribution is -0.140. The van der Waals surface area contributed by atoms with Crippen LogP contribution < -0.4 is 0 Å². The van der Waals surface area contributed by atoms with Crippen LogP contribution in [-0.2, 0) is 4.79 Å². The van der Waals surface area contributed by atoms with Gasteiger partial charge in [0.2, 0.25) is 0 Å². The number of aromatic carboxylic acids is 1. The van der Waals surface area contributed by atoms with Crippen molar-refractivity contribution in [2.45, 2.75) is 6.42 Å². The van der Waals surface area contributed by atoms with E-state index in [1.54, 1.807) is 48.5 Å². The summed E-state index contributed by atoms with van der Waals surface area (Å²) in [5.41, 5.74) is 2.51. The molecule has 8 heteroatoms. The molecule has 8 nitrogen and oxygen atoms in total. The number of ketones is 4. The molecular formula is C30H18O8. The van der Waals surface area contributed by atoms with Gasteiger partial charge < -0.3 is 10.2 Å². The molecule has 6 rings (SSSR count). The van der Waals surface area contributed by atoms with E-state index < -0.39 is 17.9 Å². The predicted octanol–water partition coefficient (Wildman–Crippen LogP) is 4.18. The summed E-state index contributed by atoms with van der Waals surface area (Å²) >= 11 is 0. The lowest BCUT2D eigenvalue weighted by atomic mass is 9.77. The predicted molar refractivity (Wildman–Crippen MR) is 134 cm³/mol. The summed E-state index contributed by atoms with van der Waals surface area (Å²) in [7, 11) is 0. The molecule has 0 fully saturated rings. The fourth-order valence-corrected chi connectivity index (χ4v) is 4.73. The molecule has 38 heavy (non-hydrogen) atoms. The van der Waals surface area contributed by atoms with Gasteiger partial charge in [-0.25, -0.2) is 4.79 Å².